The Hall–Kier alpha value is -1.02. The van der Waals surface area contributed by atoms with E-state index in [0.717, 1.165) is 12.8 Å². The zero-order chi connectivity index (χ0) is 13.6. The lowest BCUT2D eigenvalue weighted by atomic mass is 9.84. The Balaban J connectivity index is 2.68. The summed E-state index contributed by atoms with van der Waals surface area (Å²) in [5.41, 5.74) is 2.52. The predicted octanol–water partition coefficient (Wildman–Crippen LogP) is 3.27. The third kappa shape index (κ3) is 4.34. The number of hydrogen-bond acceptors (Lipinski definition) is 1. The first-order valence-corrected chi connectivity index (χ1v) is 6.95. The second-order valence-corrected chi connectivity index (χ2v) is 5.51. The summed E-state index contributed by atoms with van der Waals surface area (Å²) in [5, 5.41) is 2.84. The van der Waals surface area contributed by atoms with E-state index in [2.05, 4.69) is 50.4 Å². The smallest absolute Gasteiger partial charge is 0.234 e. The Morgan fingerprint density at radius 3 is 2.39 bits per heavy atom. The molecule has 2 nitrogen and oxygen atoms in total. The summed E-state index contributed by atoms with van der Waals surface area (Å²) in [6.45, 7) is 7.03. The molecule has 0 saturated heterocycles. The molecule has 1 amide bonds. The highest BCUT2D eigenvalue weighted by Crippen LogP contribution is 2.23. The van der Waals surface area contributed by atoms with E-state index in [1.54, 1.807) is 0 Å². The van der Waals surface area contributed by atoms with E-state index >= 15 is 0 Å². The number of aryl methyl sites for hydroxylation is 1. The van der Waals surface area contributed by atoms with Crippen LogP contribution in [0.15, 0.2) is 24.3 Å². The Labute approximate surface area is 115 Å². The fourth-order valence-electron chi connectivity index (χ4n) is 1.88. The molecule has 0 fully saturated rings. The van der Waals surface area contributed by atoms with Crippen LogP contribution in [0, 0.1) is 0 Å². The van der Waals surface area contributed by atoms with Crippen molar-refractivity contribution in [2.45, 2.75) is 39.0 Å². The minimum Gasteiger partial charge on any atom is -0.354 e. The third-order valence-electron chi connectivity index (χ3n) is 3.12. The summed E-state index contributed by atoms with van der Waals surface area (Å²) in [4.78, 5) is 11.2. The summed E-state index contributed by atoms with van der Waals surface area (Å²) in [5.74, 6) is -0.0988. The minimum atomic E-state index is -0.118. The lowest BCUT2D eigenvalue weighted by Gasteiger charge is -2.25. The van der Waals surface area contributed by atoms with Crippen molar-refractivity contribution in [3.8, 4) is 0 Å². The monoisotopic (exact) mass is 267 g/mol. The summed E-state index contributed by atoms with van der Waals surface area (Å²) < 4.78 is 0. The van der Waals surface area contributed by atoms with Crippen LogP contribution < -0.4 is 5.32 Å². The van der Waals surface area contributed by atoms with E-state index in [1.165, 1.54) is 11.1 Å². The summed E-state index contributed by atoms with van der Waals surface area (Å²) in [6, 6.07) is 8.64. The number of amides is 1. The molecule has 1 N–H and O–H groups in total. The lowest BCUT2D eigenvalue weighted by Crippen LogP contribution is -2.37. The normalized spacial score (nSPS) is 11.3. The topological polar surface area (TPSA) is 29.1 Å². The number of hydrogen-bond donors (Lipinski definition) is 1. The first-order valence-electron chi connectivity index (χ1n) is 6.41. The van der Waals surface area contributed by atoms with Crippen LogP contribution in [0.25, 0.3) is 0 Å². The molecular weight excluding hydrogens is 246 g/mol. The van der Waals surface area contributed by atoms with Crippen LogP contribution in [0.5, 0.6) is 0 Å². The number of rotatable bonds is 6. The number of carbonyl (C=O) groups is 1. The minimum absolute atomic E-state index is 0.0194. The SMILES string of the molecule is CCCc1ccc(C(C)(C)CNC(=O)CCl)cc1. The second-order valence-electron chi connectivity index (χ2n) is 5.24. The van der Waals surface area contributed by atoms with Gasteiger partial charge in [-0.3, -0.25) is 4.79 Å². The molecule has 0 unspecified atom stereocenters. The van der Waals surface area contributed by atoms with Crippen molar-refractivity contribution >= 4 is 17.5 Å². The Kier molecular flexibility index (Phi) is 5.67. The van der Waals surface area contributed by atoms with Gasteiger partial charge in [-0.15, -0.1) is 11.6 Å². The largest absolute Gasteiger partial charge is 0.354 e. The molecule has 0 aliphatic rings. The molecule has 0 aliphatic carbocycles. The first-order chi connectivity index (χ1) is 8.49. The number of alkyl halides is 1. The molecule has 0 spiro atoms. The summed E-state index contributed by atoms with van der Waals surface area (Å²) in [7, 11) is 0. The maximum atomic E-state index is 11.2. The molecule has 3 heteroatoms. The van der Waals surface area contributed by atoms with E-state index in [1.807, 2.05) is 0 Å². The molecule has 0 bridgehead atoms. The molecule has 0 radical (unpaired) electrons. The number of benzene rings is 1. The van der Waals surface area contributed by atoms with Crippen molar-refractivity contribution < 1.29 is 4.79 Å². The van der Waals surface area contributed by atoms with E-state index in [-0.39, 0.29) is 17.2 Å². The molecular formula is C15H22ClNO. The van der Waals surface area contributed by atoms with Crippen molar-refractivity contribution in [3.63, 3.8) is 0 Å². The predicted molar refractivity (Wildman–Crippen MR) is 77.2 cm³/mol. The van der Waals surface area contributed by atoms with Gasteiger partial charge in [0.1, 0.15) is 5.88 Å². The fourth-order valence-corrected chi connectivity index (χ4v) is 1.97. The van der Waals surface area contributed by atoms with Crippen LogP contribution in [-0.4, -0.2) is 18.3 Å². The van der Waals surface area contributed by atoms with Crippen molar-refractivity contribution in [2.75, 3.05) is 12.4 Å². The van der Waals surface area contributed by atoms with Crippen LogP contribution >= 0.6 is 11.6 Å². The Morgan fingerprint density at radius 2 is 1.89 bits per heavy atom. The van der Waals surface area contributed by atoms with Crippen LogP contribution in [-0.2, 0) is 16.6 Å². The maximum absolute atomic E-state index is 11.2. The zero-order valence-corrected chi connectivity index (χ0v) is 12.2. The number of halogens is 1. The molecule has 1 aromatic rings. The molecule has 18 heavy (non-hydrogen) atoms. The van der Waals surface area contributed by atoms with Crippen LogP contribution in [0.1, 0.15) is 38.3 Å². The van der Waals surface area contributed by atoms with Gasteiger partial charge in [-0.1, -0.05) is 51.5 Å². The maximum Gasteiger partial charge on any atom is 0.234 e. The summed E-state index contributed by atoms with van der Waals surface area (Å²) in [6.07, 6.45) is 2.28. The van der Waals surface area contributed by atoms with E-state index in [0.29, 0.717) is 6.54 Å². The van der Waals surface area contributed by atoms with Gasteiger partial charge in [0.2, 0.25) is 5.91 Å². The Bertz CT molecular complexity index is 384. The molecule has 1 aromatic carbocycles. The standard InChI is InChI=1S/C15H22ClNO/c1-4-5-12-6-8-13(9-7-12)15(2,3)11-17-14(18)10-16/h6-9H,4-5,10-11H2,1-3H3,(H,17,18). The molecule has 0 saturated carbocycles. The van der Waals surface area contributed by atoms with Gasteiger partial charge in [0.05, 0.1) is 0 Å². The molecule has 0 aliphatic heterocycles. The van der Waals surface area contributed by atoms with Gasteiger partial charge in [-0.25, -0.2) is 0 Å². The van der Waals surface area contributed by atoms with Crippen molar-refractivity contribution in [3.05, 3.63) is 35.4 Å². The van der Waals surface area contributed by atoms with Crippen LogP contribution in [0.2, 0.25) is 0 Å². The highest BCUT2D eigenvalue weighted by atomic mass is 35.5. The average molecular weight is 268 g/mol. The molecule has 0 atom stereocenters. The van der Waals surface area contributed by atoms with Gasteiger partial charge in [-0.2, -0.15) is 0 Å². The summed E-state index contributed by atoms with van der Waals surface area (Å²) >= 11 is 5.47. The Morgan fingerprint density at radius 1 is 1.28 bits per heavy atom. The van der Waals surface area contributed by atoms with Gasteiger partial charge in [0.15, 0.2) is 0 Å². The molecule has 100 valence electrons. The molecule has 0 aromatic heterocycles. The highest BCUT2D eigenvalue weighted by molar-refractivity contribution is 6.27. The van der Waals surface area contributed by atoms with Gasteiger partial charge in [0, 0.05) is 12.0 Å². The highest BCUT2D eigenvalue weighted by Gasteiger charge is 2.21. The quantitative estimate of drug-likeness (QED) is 0.788. The second kappa shape index (κ2) is 6.79. The van der Waals surface area contributed by atoms with E-state index in [9.17, 15) is 4.79 Å². The van der Waals surface area contributed by atoms with Gasteiger partial charge in [-0.05, 0) is 17.5 Å². The van der Waals surface area contributed by atoms with Crippen LogP contribution in [0.4, 0.5) is 0 Å². The molecule has 0 heterocycles. The van der Waals surface area contributed by atoms with Crippen LogP contribution in [0.3, 0.4) is 0 Å². The number of nitrogens with one attached hydrogen (secondary N) is 1. The van der Waals surface area contributed by atoms with Gasteiger partial charge < -0.3 is 5.32 Å². The third-order valence-corrected chi connectivity index (χ3v) is 3.37. The lowest BCUT2D eigenvalue weighted by molar-refractivity contribution is -0.118. The van der Waals surface area contributed by atoms with Crippen molar-refractivity contribution in [1.29, 1.82) is 0 Å². The average Bonchev–Trinajstić information content (AvgIpc) is 2.37. The van der Waals surface area contributed by atoms with Crippen molar-refractivity contribution in [2.24, 2.45) is 0 Å². The van der Waals surface area contributed by atoms with Gasteiger partial charge in [0.25, 0.3) is 0 Å². The van der Waals surface area contributed by atoms with Crippen molar-refractivity contribution in [1.82, 2.24) is 5.32 Å². The van der Waals surface area contributed by atoms with Gasteiger partial charge >= 0.3 is 0 Å². The number of carbonyl (C=O) groups excluding carboxylic acids is 1. The van der Waals surface area contributed by atoms with E-state index in [4.69, 9.17) is 11.6 Å². The molecule has 1 rings (SSSR count). The van der Waals surface area contributed by atoms with E-state index < -0.39 is 0 Å². The fraction of sp³-hybridized carbons (Fsp3) is 0.533. The zero-order valence-electron chi connectivity index (χ0n) is 11.4. The first kappa shape index (κ1) is 15.0.